The number of nitrogens with one attached hydrogen (secondary N) is 2. The fourth-order valence-corrected chi connectivity index (χ4v) is 2.48. The molecule has 0 spiro atoms. The van der Waals surface area contributed by atoms with Crippen LogP contribution in [0.1, 0.15) is 30.9 Å². The van der Waals surface area contributed by atoms with Crippen LogP contribution in [0, 0.1) is 0 Å². The normalized spacial score (nSPS) is 11.8. The van der Waals surface area contributed by atoms with E-state index in [0.717, 1.165) is 11.1 Å². The Morgan fingerprint density at radius 3 is 1.78 bits per heavy atom. The minimum Gasteiger partial charge on any atom is -0.355 e. The topological polar surface area (TPSA) is 58.2 Å². The van der Waals surface area contributed by atoms with Crippen LogP contribution in [-0.2, 0) is 9.59 Å². The third-order valence-electron chi connectivity index (χ3n) is 3.63. The largest absolute Gasteiger partial charge is 0.355 e. The maximum atomic E-state index is 12.8. The van der Waals surface area contributed by atoms with Gasteiger partial charge in [0.15, 0.2) is 0 Å². The lowest BCUT2D eigenvalue weighted by molar-refractivity contribution is -0.128. The number of rotatable bonds is 6. The Morgan fingerprint density at radius 2 is 1.35 bits per heavy atom. The van der Waals surface area contributed by atoms with Crippen molar-refractivity contribution in [1.29, 1.82) is 0 Å². The lowest BCUT2D eigenvalue weighted by atomic mass is 9.90. The quantitative estimate of drug-likeness (QED) is 0.861. The minimum absolute atomic E-state index is 0.179. The van der Waals surface area contributed by atoms with Gasteiger partial charge in [-0.15, -0.1) is 0 Å². The summed E-state index contributed by atoms with van der Waals surface area (Å²) < 4.78 is 0. The Balaban J connectivity index is 2.24. The number of amides is 2. The number of likely N-dealkylation sites (N-methyl/N-ethyl adjacent to an activating group) is 1. The van der Waals surface area contributed by atoms with Crippen molar-refractivity contribution in [3.63, 3.8) is 0 Å². The highest BCUT2D eigenvalue weighted by Gasteiger charge is 2.25. The third kappa shape index (κ3) is 4.42. The summed E-state index contributed by atoms with van der Waals surface area (Å²) in [7, 11) is 0. The molecule has 0 heterocycles. The summed E-state index contributed by atoms with van der Waals surface area (Å²) in [5.41, 5.74) is 1.80. The SMILES string of the molecule is CCNC(=O)[C@@H](C)NC(=O)C(c1ccccc1)c1ccccc1. The van der Waals surface area contributed by atoms with Gasteiger partial charge in [-0.3, -0.25) is 9.59 Å². The number of carbonyl (C=O) groups excluding carboxylic acids is 2. The van der Waals surface area contributed by atoms with Gasteiger partial charge in [0.1, 0.15) is 6.04 Å². The van der Waals surface area contributed by atoms with Crippen molar-refractivity contribution in [3.8, 4) is 0 Å². The summed E-state index contributed by atoms with van der Waals surface area (Å²) in [6, 6.07) is 18.6. The molecule has 0 unspecified atom stereocenters. The molecule has 0 fully saturated rings. The van der Waals surface area contributed by atoms with Gasteiger partial charge in [-0.1, -0.05) is 60.7 Å². The van der Waals surface area contributed by atoms with Gasteiger partial charge >= 0.3 is 0 Å². The molecule has 120 valence electrons. The Hall–Kier alpha value is -2.62. The van der Waals surface area contributed by atoms with Crippen LogP contribution in [0.2, 0.25) is 0 Å². The predicted molar refractivity (Wildman–Crippen MR) is 91.0 cm³/mol. The van der Waals surface area contributed by atoms with Crippen LogP contribution >= 0.6 is 0 Å². The van der Waals surface area contributed by atoms with E-state index in [1.54, 1.807) is 6.92 Å². The zero-order valence-corrected chi connectivity index (χ0v) is 13.5. The van der Waals surface area contributed by atoms with Gasteiger partial charge in [0.2, 0.25) is 11.8 Å². The summed E-state index contributed by atoms with van der Waals surface area (Å²) >= 11 is 0. The van der Waals surface area contributed by atoms with Crippen molar-refractivity contribution in [2.45, 2.75) is 25.8 Å². The number of carbonyl (C=O) groups is 2. The first-order valence-electron chi connectivity index (χ1n) is 7.81. The second-order valence-electron chi connectivity index (χ2n) is 5.38. The lowest BCUT2D eigenvalue weighted by Crippen LogP contribution is -2.46. The van der Waals surface area contributed by atoms with Gasteiger partial charge in [-0.05, 0) is 25.0 Å². The molecular formula is C19H22N2O2. The van der Waals surface area contributed by atoms with E-state index in [1.165, 1.54) is 0 Å². The maximum absolute atomic E-state index is 12.8. The monoisotopic (exact) mass is 310 g/mol. The molecule has 4 heteroatoms. The summed E-state index contributed by atoms with van der Waals surface area (Å²) in [6.45, 7) is 4.08. The molecule has 0 bridgehead atoms. The smallest absolute Gasteiger partial charge is 0.242 e. The van der Waals surface area contributed by atoms with Gasteiger partial charge < -0.3 is 10.6 Å². The second kappa shape index (κ2) is 8.13. The number of hydrogen-bond donors (Lipinski definition) is 2. The first kappa shape index (κ1) is 16.7. The summed E-state index contributed by atoms with van der Waals surface area (Å²) in [4.78, 5) is 24.6. The third-order valence-corrected chi connectivity index (χ3v) is 3.63. The van der Waals surface area contributed by atoms with Crippen LogP contribution in [0.5, 0.6) is 0 Å². The zero-order chi connectivity index (χ0) is 16.7. The van der Waals surface area contributed by atoms with Crippen molar-refractivity contribution in [2.24, 2.45) is 0 Å². The van der Waals surface area contributed by atoms with Crippen LogP contribution in [0.3, 0.4) is 0 Å². The highest BCUT2D eigenvalue weighted by atomic mass is 16.2. The minimum atomic E-state index is -0.572. The molecule has 0 saturated heterocycles. The molecule has 4 nitrogen and oxygen atoms in total. The van der Waals surface area contributed by atoms with Crippen molar-refractivity contribution in [1.82, 2.24) is 10.6 Å². The number of hydrogen-bond acceptors (Lipinski definition) is 2. The van der Waals surface area contributed by atoms with E-state index in [-0.39, 0.29) is 11.8 Å². The second-order valence-corrected chi connectivity index (χ2v) is 5.38. The Bertz CT molecular complexity index is 601. The zero-order valence-electron chi connectivity index (χ0n) is 13.5. The van der Waals surface area contributed by atoms with Crippen molar-refractivity contribution >= 4 is 11.8 Å². The van der Waals surface area contributed by atoms with E-state index in [1.807, 2.05) is 67.6 Å². The van der Waals surface area contributed by atoms with Crippen LogP contribution in [0.15, 0.2) is 60.7 Å². The van der Waals surface area contributed by atoms with Gasteiger partial charge in [0, 0.05) is 6.54 Å². The summed E-state index contributed by atoms with van der Waals surface area (Å²) in [6.07, 6.45) is 0. The Morgan fingerprint density at radius 1 is 0.870 bits per heavy atom. The van der Waals surface area contributed by atoms with Crippen LogP contribution < -0.4 is 10.6 Å². The first-order valence-corrected chi connectivity index (χ1v) is 7.81. The molecular weight excluding hydrogens is 288 g/mol. The van der Waals surface area contributed by atoms with Gasteiger partial charge in [0.25, 0.3) is 0 Å². The van der Waals surface area contributed by atoms with E-state index in [9.17, 15) is 9.59 Å². The molecule has 0 aliphatic rings. The summed E-state index contributed by atoms with van der Waals surface area (Å²) in [5.74, 6) is -0.795. The fraction of sp³-hybridized carbons (Fsp3) is 0.263. The van der Waals surface area contributed by atoms with Crippen LogP contribution in [0.25, 0.3) is 0 Å². The highest BCUT2D eigenvalue weighted by Crippen LogP contribution is 2.24. The van der Waals surface area contributed by atoms with Crippen LogP contribution in [0.4, 0.5) is 0 Å². The summed E-state index contributed by atoms with van der Waals surface area (Å²) in [5, 5.41) is 5.53. The molecule has 2 aromatic carbocycles. The molecule has 2 aromatic rings. The van der Waals surface area contributed by atoms with Crippen LogP contribution in [-0.4, -0.2) is 24.4 Å². The molecule has 0 radical (unpaired) electrons. The standard InChI is InChI=1S/C19H22N2O2/c1-3-20-18(22)14(2)21-19(23)17(15-10-6-4-7-11-15)16-12-8-5-9-13-16/h4-14,17H,3H2,1-2H3,(H,20,22)(H,21,23)/t14-/m1/s1. The number of benzene rings is 2. The molecule has 1 atom stereocenters. The van der Waals surface area contributed by atoms with Crippen molar-refractivity contribution in [3.05, 3.63) is 71.8 Å². The molecule has 0 aromatic heterocycles. The Kier molecular flexibility index (Phi) is 5.92. The lowest BCUT2D eigenvalue weighted by Gasteiger charge is -2.20. The molecule has 23 heavy (non-hydrogen) atoms. The molecule has 0 saturated carbocycles. The Labute approximate surface area is 136 Å². The molecule has 2 N–H and O–H groups in total. The van der Waals surface area contributed by atoms with E-state index < -0.39 is 12.0 Å². The van der Waals surface area contributed by atoms with E-state index in [2.05, 4.69) is 10.6 Å². The van der Waals surface area contributed by atoms with Crippen molar-refractivity contribution < 1.29 is 9.59 Å². The molecule has 0 aliphatic heterocycles. The van der Waals surface area contributed by atoms with Crippen molar-refractivity contribution in [2.75, 3.05) is 6.54 Å². The van der Waals surface area contributed by atoms with E-state index in [4.69, 9.17) is 0 Å². The fourth-order valence-electron chi connectivity index (χ4n) is 2.48. The molecule has 2 rings (SSSR count). The van der Waals surface area contributed by atoms with Gasteiger partial charge in [-0.25, -0.2) is 0 Å². The first-order chi connectivity index (χ1) is 11.1. The molecule has 2 amide bonds. The predicted octanol–water partition coefficient (Wildman–Crippen LogP) is 2.46. The average Bonchev–Trinajstić information content (AvgIpc) is 2.57. The molecule has 0 aliphatic carbocycles. The maximum Gasteiger partial charge on any atom is 0.242 e. The van der Waals surface area contributed by atoms with Gasteiger partial charge in [0.05, 0.1) is 5.92 Å². The van der Waals surface area contributed by atoms with E-state index in [0.29, 0.717) is 6.54 Å². The highest BCUT2D eigenvalue weighted by molar-refractivity contribution is 5.92. The average molecular weight is 310 g/mol. The van der Waals surface area contributed by atoms with Gasteiger partial charge in [-0.2, -0.15) is 0 Å². The van der Waals surface area contributed by atoms with E-state index >= 15 is 0 Å².